The van der Waals surface area contributed by atoms with Crippen molar-refractivity contribution in [3.8, 4) is 0 Å². The van der Waals surface area contributed by atoms with Gasteiger partial charge in [-0.3, -0.25) is 0 Å². The molecule has 106 valence electrons. The van der Waals surface area contributed by atoms with E-state index >= 15 is 0 Å². The quantitative estimate of drug-likeness (QED) is 0.754. The van der Waals surface area contributed by atoms with E-state index in [1.54, 1.807) is 12.7 Å². The minimum Gasteiger partial charge on any atom is -0.385 e. The van der Waals surface area contributed by atoms with E-state index in [0.717, 1.165) is 25.2 Å². The maximum Gasteiger partial charge on any atom is 0.137 e. The van der Waals surface area contributed by atoms with E-state index < -0.39 is 0 Å². The van der Waals surface area contributed by atoms with Crippen molar-refractivity contribution < 1.29 is 0 Å². The molecular formula is C17H18N4. The Morgan fingerprint density at radius 3 is 2.43 bits per heavy atom. The molecule has 4 heteroatoms. The molecule has 0 amide bonds. The SMILES string of the molecule is c1ccc(CCNc2ccc(Cn3cncn3)cc2)cc1. The van der Waals surface area contributed by atoms with Crippen LogP contribution in [0.5, 0.6) is 0 Å². The molecular weight excluding hydrogens is 260 g/mol. The van der Waals surface area contributed by atoms with Crippen LogP contribution in [0.15, 0.2) is 67.3 Å². The summed E-state index contributed by atoms with van der Waals surface area (Å²) >= 11 is 0. The summed E-state index contributed by atoms with van der Waals surface area (Å²) in [6.45, 7) is 1.69. The molecule has 0 aliphatic rings. The Bertz CT molecular complexity index is 645. The van der Waals surface area contributed by atoms with E-state index in [1.165, 1.54) is 11.1 Å². The van der Waals surface area contributed by atoms with E-state index in [9.17, 15) is 0 Å². The first-order valence-corrected chi connectivity index (χ1v) is 7.09. The zero-order valence-electron chi connectivity index (χ0n) is 11.8. The summed E-state index contributed by atoms with van der Waals surface area (Å²) < 4.78 is 1.82. The van der Waals surface area contributed by atoms with Crippen molar-refractivity contribution in [2.45, 2.75) is 13.0 Å². The molecule has 3 aromatic rings. The van der Waals surface area contributed by atoms with Crippen molar-refractivity contribution in [2.75, 3.05) is 11.9 Å². The van der Waals surface area contributed by atoms with Gasteiger partial charge in [-0.05, 0) is 29.7 Å². The summed E-state index contributed by atoms with van der Waals surface area (Å²) in [6.07, 6.45) is 4.31. The lowest BCUT2D eigenvalue weighted by Crippen LogP contribution is -2.05. The molecule has 0 unspecified atom stereocenters. The van der Waals surface area contributed by atoms with Crippen LogP contribution in [-0.2, 0) is 13.0 Å². The van der Waals surface area contributed by atoms with Crippen molar-refractivity contribution in [1.82, 2.24) is 14.8 Å². The molecule has 0 aliphatic carbocycles. The summed E-state index contributed by atoms with van der Waals surface area (Å²) in [4.78, 5) is 3.94. The summed E-state index contributed by atoms with van der Waals surface area (Å²) in [5.41, 5.74) is 3.72. The highest BCUT2D eigenvalue weighted by Gasteiger charge is 1.97. The minimum atomic E-state index is 0.754. The molecule has 0 bridgehead atoms. The van der Waals surface area contributed by atoms with Gasteiger partial charge in [-0.1, -0.05) is 42.5 Å². The van der Waals surface area contributed by atoms with E-state index in [4.69, 9.17) is 0 Å². The van der Waals surface area contributed by atoms with Crippen LogP contribution in [0.3, 0.4) is 0 Å². The van der Waals surface area contributed by atoms with Crippen molar-refractivity contribution in [3.63, 3.8) is 0 Å². The molecule has 4 nitrogen and oxygen atoms in total. The van der Waals surface area contributed by atoms with Gasteiger partial charge in [-0.15, -0.1) is 0 Å². The summed E-state index contributed by atoms with van der Waals surface area (Å²) in [5.74, 6) is 0. The summed E-state index contributed by atoms with van der Waals surface area (Å²) in [6, 6.07) is 19.0. The number of hydrogen-bond donors (Lipinski definition) is 1. The Morgan fingerprint density at radius 1 is 0.905 bits per heavy atom. The third-order valence-corrected chi connectivity index (χ3v) is 3.35. The molecule has 0 atom stereocenters. The average molecular weight is 278 g/mol. The number of hydrogen-bond acceptors (Lipinski definition) is 3. The van der Waals surface area contributed by atoms with Crippen molar-refractivity contribution in [1.29, 1.82) is 0 Å². The van der Waals surface area contributed by atoms with Crippen molar-refractivity contribution in [2.24, 2.45) is 0 Å². The number of anilines is 1. The molecule has 0 saturated carbocycles. The van der Waals surface area contributed by atoms with Gasteiger partial charge in [-0.25, -0.2) is 9.67 Å². The van der Waals surface area contributed by atoms with Crippen LogP contribution in [0.25, 0.3) is 0 Å². The fraction of sp³-hybridized carbons (Fsp3) is 0.176. The van der Waals surface area contributed by atoms with Crippen LogP contribution in [0.1, 0.15) is 11.1 Å². The van der Waals surface area contributed by atoms with Gasteiger partial charge in [0.25, 0.3) is 0 Å². The molecule has 1 aromatic heterocycles. The molecule has 0 aliphatic heterocycles. The van der Waals surface area contributed by atoms with E-state index in [2.05, 4.69) is 63.9 Å². The monoisotopic (exact) mass is 278 g/mol. The highest BCUT2D eigenvalue weighted by molar-refractivity contribution is 5.44. The fourth-order valence-corrected chi connectivity index (χ4v) is 2.23. The standard InChI is InChI=1S/C17H18N4/c1-2-4-15(5-3-1)10-11-19-17-8-6-16(7-9-17)12-21-14-18-13-20-21/h1-9,13-14,19H,10-12H2. The van der Waals surface area contributed by atoms with Gasteiger partial charge in [0.15, 0.2) is 0 Å². The van der Waals surface area contributed by atoms with Crippen LogP contribution in [-0.4, -0.2) is 21.3 Å². The lowest BCUT2D eigenvalue weighted by Gasteiger charge is -2.08. The Labute approximate surface area is 124 Å². The number of aromatic nitrogens is 3. The Kier molecular flexibility index (Phi) is 4.27. The first kappa shape index (κ1) is 13.4. The fourth-order valence-electron chi connectivity index (χ4n) is 2.23. The number of nitrogens with one attached hydrogen (secondary N) is 1. The maximum atomic E-state index is 4.11. The van der Waals surface area contributed by atoms with Crippen LogP contribution in [0.4, 0.5) is 5.69 Å². The summed E-state index contributed by atoms with van der Waals surface area (Å²) in [7, 11) is 0. The topological polar surface area (TPSA) is 42.7 Å². The first-order valence-electron chi connectivity index (χ1n) is 7.09. The zero-order chi connectivity index (χ0) is 14.3. The van der Waals surface area contributed by atoms with Gasteiger partial charge in [0, 0.05) is 12.2 Å². The van der Waals surface area contributed by atoms with Crippen molar-refractivity contribution >= 4 is 5.69 Å². The second-order valence-electron chi connectivity index (χ2n) is 4.95. The molecule has 0 fully saturated rings. The van der Waals surface area contributed by atoms with Crippen LogP contribution < -0.4 is 5.32 Å². The number of benzene rings is 2. The van der Waals surface area contributed by atoms with Gasteiger partial charge in [0.2, 0.25) is 0 Å². The number of nitrogens with zero attached hydrogens (tertiary/aromatic N) is 3. The second kappa shape index (κ2) is 6.70. The smallest absolute Gasteiger partial charge is 0.137 e. The van der Waals surface area contributed by atoms with Crippen molar-refractivity contribution in [3.05, 3.63) is 78.4 Å². The van der Waals surface area contributed by atoms with Gasteiger partial charge < -0.3 is 5.32 Å². The predicted octanol–water partition coefficient (Wildman–Crippen LogP) is 2.98. The van der Waals surface area contributed by atoms with Crippen LogP contribution >= 0.6 is 0 Å². The number of rotatable bonds is 6. The Balaban J connectivity index is 1.50. The summed E-state index contributed by atoms with van der Waals surface area (Å²) in [5, 5.41) is 7.55. The molecule has 3 rings (SSSR count). The first-order chi connectivity index (χ1) is 10.4. The third kappa shape index (κ3) is 3.92. The molecule has 21 heavy (non-hydrogen) atoms. The average Bonchev–Trinajstić information content (AvgIpc) is 3.03. The minimum absolute atomic E-state index is 0.754. The van der Waals surface area contributed by atoms with Gasteiger partial charge in [0.1, 0.15) is 12.7 Å². The molecule has 1 heterocycles. The Hall–Kier alpha value is -2.62. The Morgan fingerprint density at radius 2 is 1.71 bits per heavy atom. The van der Waals surface area contributed by atoms with Crippen LogP contribution in [0.2, 0.25) is 0 Å². The lowest BCUT2D eigenvalue weighted by molar-refractivity contribution is 0.685. The van der Waals surface area contributed by atoms with Crippen LogP contribution in [0, 0.1) is 0 Å². The molecule has 1 N–H and O–H groups in total. The molecule has 0 saturated heterocycles. The molecule has 0 radical (unpaired) electrons. The lowest BCUT2D eigenvalue weighted by atomic mass is 10.1. The third-order valence-electron chi connectivity index (χ3n) is 3.35. The normalized spacial score (nSPS) is 10.5. The van der Waals surface area contributed by atoms with E-state index in [0.29, 0.717) is 0 Å². The van der Waals surface area contributed by atoms with Gasteiger partial charge in [0.05, 0.1) is 6.54 Å². The van der Waals surface area contributed by atoms with Gasteiger partial charge >= 0.3 is 0 Å². The van der Waals surface area contributed by atoms with E-state index in [1.807, 2.05) is 10.7 Å². The second-order valence-corrected chi connectivity index (χ2v) is 4.95. The maximum absolute atomic E-state index is 4.11. The van der Waals surface area contributed by atoms with Gasteiger partial charge in [-0.2, -0.15) is 5.10 Å². The molecule has 0 spiro atoms. The largest absolute Gasteiger partial charge is 0.385 e. The predicted molar refractivity (Wildman–Crippen MR) is 84.2 cm³/mol. The van der Waals surface area contributed by atoms with E-state index in [-0.39, 0.29) is 0 Å². The highest BCUT2D eigenvalue weighted by Crippen LogP contribution is 2.10. The zero-order valence-corrected chi connectivity index (χ0v) is 11.8. The highest BCUT2D eigenvalue weighted by atomic mass is 15.3. The molecule has 2 aromatic carbocycles.